The zero-order chi connectivity index (χ0) is 9.84. The minimum absolute atomic E-state index is 0.0816. The molecule has 0 fully saturated rings. The Morgan fingerprint density at radius 3 is 2.69 bits per heavy atom. The van der Waals surface area contributed by atoms with Crippen molar-refractivity contribution in [1.29, 1.82) is 5.41 Å². The maximum absolute atomic E-state index is 6.96. The number of anilines is 2. The van der Waals surface area contributed by atoms with E-state index in [-0.39, 0.29) is 5.96 Å². The molecule has 5 heteroatoms. The Hall–Kier alpha value is -1.91. The van der Waals surface area contributed by atoms with E-state index >= 15 is 0 Å². The highest BCUT2D eigenvalue weighted by atomic mass is 15.0. The van der Waals surface area contributed by atoms with Crippen molar-refractivity contribution in [2.45, 2.75) is 6.54 Å². The van der Waals surface area contributed by atoms with E-state index in [1.165, 1.54) is 0 Å². The standard InChI is InChI=1S/C8H13N5/c9-6-3-1-2-5(7(6)10)4-13-8(11)12/h1-3H,4,9-10H2,(H4,11,12,13). The minimum Gasteiger partial charge on any atom is -0.397 e. The molecule has 0 heterocycles. The van der Waals surface area contributed by atoms with Gasteiger partial charge in [0, 0.05) is 6.54 Å². The van der Waals surface area contributed by atoms with Crippen LogP contribution in [0, 0.1) is 5.41 Å². The molecular formula is C8H13N5. The van der Waals surface area contributed by atoms with Gasteiger partial charge in [-0.3, -0.25) is 5.41 Å². The van der Waals surface area contributed by atoms with Crippen LogP contribution in [0.3, 0.4) is 0 Å². The Kier molecular flexibility index (Phi) is 2.59. The Morgan fingerprint density at radius 1 is 1.38 bits per heavy atom. The van der Waals surface area contributed by atoms with E-state index in [9.17, 15) is 0 Å². The molecule has 0 unspecified atom stereocenters. The number of hydrogen-bond acceptors (Lipinski definition) is 3. The summed E-state index contributed by atoms with van der Waals surface area (Å²) in [5, 5.41) is 9.62. The number of nitrogens with one attached hydrogen (secondary N) is 2. The lowest BCUT2D eigenvalue weighted by Crippen LogP contribution is -2.29. The second-order valence-electron chi connectivity index (χ2n) is 2.69. The highest BCUT2D eigenvalue weighted by Crippen LogP contribution is 2.18. The lowest BCUT2D eigenvalue weighted by atomic mass is 10.1. The van der Waals surface area contributed by atoms with Crippen molar-refractivity contribution in [1.82, 2.24) is 5.32 Å². The van der Waals surface area contributed by atoms with Gasteiger partial charge in [0.25, 0.3) is 0 Å². The quantitative estimate of drug-likeness (QED) is 0.246. The normalized spacial score (nSPS) is 9.54. The number of benzene rings is 1. The summed E-state index contributed by atoms with van der Waals surface area (Å²) < 4.78 is 0. The van der Waals surface area contributed by atoms with Crippen LogP contribution in [0.1, 0.15) is 5.56 Å². The lowest BCUT2D eigenvalue weighted by molar-refractivity contribution is 0.899. The van der Waals surface area contributed by atoms with Crippen molar-refractivity contribution in [2.24, 2.45) is 5.73 Å². The van der Waals surface area contributed by atoms with E-state index in [4.69, 9.17) is 22.6 Å². The molecule has 0 spiro atoms. The number of guanidine groups is 1. The summed E-state index contributed by atoms with van der Waals surface area (Å²) in [6.07, 6.45) is 0. The van der Waals surface area contributed by atoms with E-state index < -0.39 is 0 Å². The van der Waals surface area contributed by atoms with Crippen LogP contribution < -0.4 is 22.5 Å². The summed E-state index contributed by atoms with van der Waals surface area (Å²) in [4.78, 5) is 0. The molecule has 0 aliphatic rings. The number of rotatable bonds is 2. The Balaban J connectivity index is 2.77. The first-order valence-electron chi connectivity index (χ1n) is 3.82. The fourth-order valence-corrected chi connectivity index (χ4v) is 0.977. The van der Waals surface area contributed by atoms with Crippen molar-refractivity contribution >= 4 is 17.3 Å². The number of hydrogen-bond donors (Lipinski definition) is 5. The fourth-order valence-electron chi connectivity index (χ4n) is 0.977. The molecular weight excluding hydrogens is 166 g/mol. The maximum atomic E-state index is 6.96. The van der Waals surface area contributed by atoms with Gasteiger partial charge in [-0.15, -0.1) is 0 Å². The van der Waals surface area contributed by atoms with Gasteiger partial charge in [0.15, 0.2) is 5.96 Å². The van der Waals surface area contributed by atoms with Crippen LogP contribution in [-0.2, 0) is 6.54 Å². The van der Waals surface area contributed by atoms with E-state index in [0.717, 1.165) is 5.56 Å². The molecule has 8 N–H and O–H groups in total. The van der Waals surface area contributed by atoms with Crippen molar-refractivity contribution < 1.29 is 0 Å². The van der Waals surface area contributed by atoms with Crippen LogP contribution in [0.25, 0.3) is 0 Å². The van der Waals surface area contributed by atoms with Crippen LogP contribution in [0.15, 0.2) is 18.2 Å². The number of nitrogens with two attached hydrogens (primary N) is 3. The number of nitrogen functional groups attached to an aromatic ring is 2. The van der Waals surface area contributed by atoms with Crippen molar-refractivity contribution in [3.05, 3.63) is 23.8 Å². The monoisotopic (exact) mass is 179 g/mol. The lowest BCUT2D eigenvalue weighted by Gasteiger charge is -2.08. The average molecular weight is 179 g/mol. The summed E-state index contributed by atoms with van der Waals surface area (Å²) in [6, 6.07) is 5.37. The van der Waals surface area contributed by atoms with Gasteiger partial charge in [-0.25, -0.2) is 0 Å². The van der Waals surface area contributed by atoms with Crippen LogP contribution in [-0.4, -0.2) is 5.96 Å². The van der Waals surface area contributed by atoms with Gasteiger partial charge < -0.3 is 22.5 Å². The van der Waals surface area contributed by atoms with E-state index in [1.807, 2.05) is 12.1 Å². The van der Waals surface area contributed by atoms with Crippen LogP contribution in [0.2, 0.25) is 0 Å². The van der Waals surface area contributed by atoms with Crippen molar-refractivity contribution in [3.8, 4) is 0 Å². The minimum atomic E-state index is -0.0816. The molecule has 0 aliphatic heterocycles. The van der Waals surface area contributed by atoms with Crippen LogP contribution >= 0.6 is 0 Å². The van der Waals surface area contributed by atoms with E-state index in [2.05, 4.69) is 5.32 Å². The fraction of sp³-hybridized carbons (Fsp3) is 0.125. The predicted molar refractivity (Wildman–Crippen MR) is 54.0 cm³/mol. The summed E-state index contributed by atoms with van der Waals surface area (Å²) in [7, 11) is 0. The zero-order valence-corrected chi connectivity index (χ0v) is 7.17. The Morgan fingerprint density at radius 2 is 2.08 bits per heavy atom. The SMILES string of the molecule is N=C(N)NCc1cccc(N)c1N. The first-order valence-corrected chi connectivity index (χ1v) is 3.82. The third-order valence-corrected chi connectivity index (χ3v) is 1.70. The van der Waals surface area contributed by atoms with Crippen molar-refractivity contribution in [3.63, 3.8) is 0 Å². The molecule has 0 aromatic heterocycles. The molecule has 0 radical (unpaired) electrons. The van der Waals surface area contributed by atoms with Crippen LogP contribution in [0.4, 0.5) is 11.4 Å². The van der Waals surface area contributed by atoms with Gasteiger partial charge in [-0.05, 0) is 11.6 Å². The first-order chi connectivity index (χ1) is 6.11. The highest BCUT2D eigenvalue weighted by Gasteiger charge is 2.01. The molecule has 0 saturated carbocycles. The second kappa shape index (κ2) is 3.66. The molecule has 1 aromatic carbocycles. The first kappa shape index (κ1) is 9.18. The predicted octanol–water partition coefficient (Wildman–Crippen LogP) is -0.166. The molecule has 0 bridgehead atoms. The molecule has 0 atom stereocenters. The third kappa shape index (κ3) is 2.26. The summed E-state index contributed by atoms with van der Waals surface area (Å²) >= 11 is 0. The average Bonchev–Trinajstić information content (AvgIpc) is 2.07. The Bertz CT molecular complexity index is 320. The molecule has 1 aromatic rings. The van der Waals surface area contributed by atoms with Crippen LogP contribution in [0.5, 0.6) is 0 Å². The maximum Gasteiger partial charge on any atom is 0.185 e. The third-order valence-electron chi connectivity index (χ3n) is 1.70. The molecule has 0 amide bonds. The zero-order valence-electron chi connectivity index (χ0n) is 7.17. The largest absolute Gasteiger partial charge is 0.397 e. The van der Waals surface area contributed by atoms with E-state index in [0.29, 0.717) is 17.9 Å². The molecule has 5 nitrogen and oxygen atoms in total. The molecule has 70 valence electrons. The van der Waals surface area contributed by atoms with Gasteiger partial charge in [0.05, 0.1) is 11.4 Å². The smallest absolute Gasteiger partial charge is 0.185 e. The van der Waals surface area contributed by atoms with Gasteiger partial charge in [-0.1, -0.05) is 12.1 Å². The number of para-hydroxylation sites is 1. The van der Waals surface area contributed by atoms with Gasteiger partial charge in [0.2, 0.25) is 0 Å². The van der Waals surface area contributed by atoms with Gasteiger partial charge >= 0.3 is 0 Å². The molecule has 1 rings (SSSR count). The second-order valence-corrected chi connectivity index (χ2v) is 2.69. The van der Waals surface area contributed by atoms with E-state index in [1.54, 1.807) is 6.07 Å². The summed E-state index contributed by atoms with van der Waals surface area (Å²) in [5.74, 6) is -0.0816. The van der Waals surface area contributed by atoms with Crippen molar-refractivity contribution in [2.75, 3.05) is 11.5 Å². The summed E-state index contributed by atoms with van der Waals surface area (Å²) in [5.41, 5.74) is 18.3. The molecule has 0 saturated heterocycles. The van der Waals surface area contributed by atoms with Gasteiger partial charge in [-0.2, -0.15) is 0 Å². The topological polar surface area (TPSA) is 114 Å². The summed E-state index contributed by atoms with van der Waals surface area (Å²) in [6.45, 7) is 0.423. The van der Waals surface area contributed by atoms with Gasteiger partial charge in [0.1, 0.15) is 0 Å². The highest BCUT2D eigenvalue weighted by molar-refractivity contribution is 5.75. The molecule has 0 aliphatic carbocycles. The molecule has 13 heavy (non-hydrogen) atoms. The Labute approximate surface area is 76.4 Å².